The van der Waals surface area contributed by atoms with Gasteiger partial charge in [0.1, 0.15) is 0 Å². The Morgan fingerprint density at radius 1 is 1.22 bits per heavy atom. The van der Waals surface area contributed by atoms with Gasteiger partial charge in [-0.25, -0.2) is 4.79 Å². The first kappa shape index (κ1) is 14.6. The van der Waals surface area contributed by atoms with Crippen LogP contribution in [0.2, 0.25) is 0 Å². The van der Waals surface area contributed by atoms with Gasteiger partial charge in [-0.1, -0.05) is 51.3 Å². The zero-order chi connectivity index (χ0) is 13.2. The number of amides is 2. The molecule has 0 bridgehead atoms. The molecule has 0 aliphatic heterocycles. The number of hydrogen-bond donors (Lipinski definition) is 2. The number of hydrogen-bond acceptors (Lipinski definition) is 1. The normalized spacial score (nSPS) is 11.9. The average molecular weight is 248 g/mol. The highest BCUT2D eigenvalue weighted by Gasteiger charge is 2.07. The van der Waals surface area contributed by atoms with Gasteiger partial charge in [-0.3, -0.25) is 0 Å². The van der Waals surface area contributed by atoms with Gasteiger partial charge in [0.25, 0.3) is 0 Å². The lowest BCUT2D eigenvalue weighted by molar-refractivity contribution is 0.249. The monoisotopic (exact) mass is 248 g/mol. The molecule has 1 rings (SSSR count). The molecule has 0 aliphatic carbocycles. The van der Waals surface area contributed by atoms with E-state index in [0.717, 1.165) is 18.7 Å². The number of rotatable bonds is 7. The molecule has 100 valence electrons. The molecule has 1 aromatic carbocycles. The van der Waals surface area contributed by atoms with E-state index in [1.54, 1.807) is 0 Å². The lowest BCUT2D eigenvalue weighted by Gasteiger charge is -2.15. The minimum absolute atomic E-state index is 0.115. The van der Waals surface area contributed by atoms with Crippen molar-refractivity contribution in [3.8, 4) is 0 Å². The van der Waals surface area contributed by atoms with E-state index in [2.05, 4.69) is 24.5 Å². The second-order valence-electron chi connectivity index (χ2n) is 4.62. The number of carbonyl (C=O) groups excluding carboxylic acids is 1. The SMILES string of the molecule is CCCC[C@@H](CC)CNC(=O)Nc1ccccc1. The standard InChI is InChI=1S/C15H24N2O/c1-3-5-9-13(4-2)12-16-15(18)17-14-10-7-6-8-11-14/h6-8,10-11,13H,3-5,9,12H2,1-2H3,(H2,16,17,18)/t13-/m1/s1. The van der Waals surface area contributed by atoms with Crippen LogP contribution in [0.3, 0.4) is 0 Å². The fourth-order valence-corrected chi connectivity index (χ4v) is 1.88. The molecule has 1 atom stereocenters. The van der Waals surface area contributed by atoms with Crippen LogP contribution in [0.4, 0.5) is 10.5 Å². The smallest absolute Gasteiger partial charge is 0.319 e. The predicted molar refractivity (Wildman–Crippen MR) is 76.8 cm³/mol. The van der Waals surface area contributed by atoms with Crippen molar-refractivity contribution in [3.05, 3.63) is 30.3 Å². The Labute approximate surface area is 110 Å². The molecule has 2 N–H and O–H groups in total. The fraction of sp³-hybridized carbons (Fsp3) is 0.533. The van der Waals surface area contributed by atoms with Crippen molar-refractivity contribution in [2.45, 2.75) is 39.5 Å². The zero-order valence-electron chi connectivity index (χ0n) is 11.4. The summed E-state index contributed by atoms with van der Waals surface area (Å²) in [5.41, 5.74) is 0.830. The number of carbonyl (C=O) groups is 1. The molecule has 3 nitrogen and oxygen atoms in total. The summed E-state index contributed by atoms with van der Waals surface area (Å²) in [4.78, 5) is 11.7. The van der Waals surface area contributed by atoms with Gasteiger partial charge in [0.2, 0.25) is 0 Å². The number of anilines is 1. The highest BCUT2D eigenvalue weighted by Crippen LogP contribution is 2.11. The zero-order valence-corrected chi connectivity index (χ0v) is 11.4. The van der Waals surface area contributed by atoms with E-state index >= 15 is 0 Å². The Morgan fingerprint density at radius 3 is 2.56 bits per heavy atom. The third-order valence-electron chi connectivity index (χ3n) is 3.13. The molecule has 0 aromatic heterocycles. The molecule has 3 heteroatoms. The summed E-state index contributed by atoms with van der Waals surface area (Å²) in [6.07, 6.45) is 4.76. The topological polar surface area (TPSA) is 41.1 Å². The van der Waals surface area contributed by atoms with Crippen molar-refractivity contribution >= 4 is 11.7 Å². The number of urea groups is 1. The lowest BCUT2D eigenvalue weighted by Crippen LogP contribution is -2.32. The molecular weight excluding hydrogens is 224 g/mol. The number of unbranched alkanes of at least 4 members (excludes halogenated alkanes) is 1. The second-order valence-corrected chi connectivity index (χ2v) is 4.62. The maximum absolute atomic E-state index is 11.7. The Morgan fingerprint density at radius 2 is 1.94 bits per heavy atom. The van der Waals surface area contributed by atoms with Gasteiger partial charge >= 0.3 is 6.03 Å². The lowest BCUT2D eigenvalue weighted by atomic mass is 9.99. The molecule has 18 heavy (non-hydrogen) atoms. The van der Waals surface area contributed by atoms with E-state index in [1.807, 2.05) is 30.3 Å². The molecule has 0 saturated heterocycles. The van der Waals surface area contributed by atoms with Crippen LogP contribution in [0.15, 0.2) is 30.3 Å². The van der Waals surface area contributed by atoms with Crippen LogP contribution < -0.4 is 10.6 Å². The Bertz CT molecular complexity index is 338. The largest absolute Gasteiger partial charge is 0.338 e. The summed E-state index contributed by atoms with van der Waals surface area (Å²) in [7, 11) is 0. The molecule has 0 spiro atoms. The molecule has 2 amide bonds. The van der Waals surface area contributed by atoms with Crippen LogP contribution >= 0.6 is 0 Å². The molecule has 0 heterocycles. The van der Waals surface area contributed by atoms with Crippen molar-refractivity contribution in [1.82, 2.24) is 5.32 Å². The van der Waals surface area contributed by atoms with Gasteiger partial charge in [0.15, 0.2) is 0 Å². The van der Waals surface area contributed by atoms with E-state index in [9.17, 15) is 4.79 Å². The van der Waals surface area contributed by atoms with E-state index in [-0.39, 0.29) is 6.03 Å². The summed E-state index contributed by atoms with van der Waals surface area (Å²) < 4.78 is 0. The maximum Gasteiger partial charge on any atom is 0.319 e. The van der Waals surface area contributed by atoms with E-state index in [1.165, 1.54) is 19.3 Å². The highest BCUT2D eigenvalue weighted by atomic mass is 16.2. The van der Waals surface area contributed by atoms with E-state index < -0.39 is 0 Å². The predicted octanol–water partition coefficient (Wildman–Crippen LogP) is 4.02. The summed E-state index contributed by atoms with van der Waals surface area (Å²) >= 11 is 0. The van der Waals surface area contributed by atoms with Gasteiger partial charge < -0.3 is 10.6 Å². The van der Waals surface area contributed by atoms with Gasteiger partial charge in [-0.05, 0) is 24.5 Å². The summed E-state index contributed by atoms with van der Waals surface area (Å²) in [6, 6.07) is 9.40. The molecule has 0 radical (unpaired) electrons. The Balaban J connectivity index is 2.27. The third-order valence-corrected chi connectivity index (χ3v) is 3.13. The van der Waals surface area contributed by atoms with Crippen LogP contribution in [0.1, 0.15) is 39.5 Å². The molecule has 1 aromatic rings. The van der Waals surface area contributed by atoms with Crippen LogP contribution in [0.25, 0.3) is 0 Å². The fourth-order valence-electron chi connectivity index (χ4n) is 1.88. The maximum atomic E-state index is 11.7. The van der Waals surface area contributed by atoms with Gasteiger partial charge in [-0.2, -0.15) is 0 Å². The minimum atomic E-state index is -0.115. The van der Waals surface area contributed by atoms with Crippen molar-refractivity contribution in [2.75, 3.05) is 11.9 Å². The Kier molecular flexibility index (Phi) is 6.92. The Hall–Kier alpha value is -1.51. The first-order chi connectivity index (χ1) is 8.76. The van der Waals surface area contributed by atoms with Crippen molar-refractivity contribution in [3.63, 3.8) is 0 Å². The average Bonchev–Trinajstić information content (AvgIpc) is 2.40. The van der Waals surface area contributed by atoms with Crippen LogP contribution in [0.5, 0.6) is 0 Å². The van der Waals surface area contributed by atoms with Crippen molar-refractivity contribution in [1.29, 1.82) is 0 Å². The summed E-state index contributed by atoms with van der Waals surface area (Å²) in [6.45, 7) is 5.13. The molecule has 0 aliphatic rings. The van der Waals surface area contributed by atoms with Gasteiger partial charge in [0, 0.05) is 12.2 Å². The highest BCUT2D eigenvalue weighted by molar-refractivity contribution is 5.89. The third kappa shape index (κ3) is 5.71. The van der Waals surface area contributed by atoms with Crippen molar-refractivity contribution in [2.24, 2.45) is 5.92 Å². The molecule has 0 unspecified atom stereocenters. The molecular formula is C15H24N2O. The van der Waals surface area contributed by atoms with Crippen LogP contribution in [-0.4, -0.2) is 12.6 Å². The molecule has 0 fully saturated rings. The van der Waals surface area contributed by atoms with Gasteiger partial charge in [0.05, 0.1) is 0 Å². The quantitative estimate of drug-likeness (QED) is 0.751. The number of para-hydroxylation sites is 1. The van der Waals surface area contributed by atoms with Crippen LogP contribution in [0, 0.1) is 5.92 Å². The number of nitrogens with one attached hydrogen (secondary N) is 2. The summed E-state index contributed by atoms with van der Waals surface area (Å²) in [5.74, 6) is 0.589. The van der Waals surface area contributed by atoms with E-state index in [0.29, 0.717) is 5.92 Å². The van der Waals surface area contributed by atoms with Crippen LogP contribution in [-0.2, 0) is 0 Å². The minimum Gasteiger partial charge on any atom is -0.338 e. The molecule has 0 saturated carbocycles. The van der Waals surface area contributed by atoms with E-state index in [4.69, 9.17) is 0 Å². The first-order valence-corrected chi connectivity index (χ1v) is 6.86. The summed E-state index contributed by atoms with van der Waals surface area (Å²) in [5, 5.41) is 5.77. The first-order valence-electron chi connectivity index (χ1n) is 6.86. The van der Waals surface area contributed by atoms with Gasteiger partial charge in [-0.15, -0.1) is 0 Å². The second kappa shape index (κ2) is 8.56. The number of benzene rings is 1. The van der Waals surface area contributed by atoms with Crippen molar-refractivity contribution < 1.29 is 4.79 Å².